The van der Waals surface area contributed by atoms with E-state index in [1.807, 2.05) is 18.2 Å². The van der Waals surface area contributed by atoms with Gasteiger partial charge in [0.15, 0.2) is 17.3 Å². The monoisotopic (exact) mass is 266 g/mol. The Labute approximate surface area is 115 Å². The molecule has 0 aliphatic rings. The van der Waals surface area contributed by atoms with Crippen LogP contribution in [0.1, 0.15) is 18.0 Å². The van der Waals surface area contributed by atoms with Crippen molar-refractivity contribution in [1.29, 1.82) is 0 Å². The number of aromatic nitrogens is 2. The second-order valence-corrected chi connectivity index (χ2v) is 4.21. The summed E-state index contributed by atoms with van der Waals surface area (Å²) >= 11 is 0. The first kappa shape index (κ1) is 12.4. The largest absolute Gasteiger partial charge is 0.441 e. The van der Waals surface area contributed by atoms with E-state index in [2.05, 4.69) is 21.8 Å². The lowest BCUT2D eigenvalue weighted by atomic mass is 10.3. The summed E-state index contributed by atoms with van der Waals surface area (Å²) in [5.41, 5.74) is 1.48. The third kappa shape index (κ3) is 2.67. The topological polar surface area (TPSA) is 38.9 Å². The van der Waals surface area contributed by atoms with Crippen molar-refractivity contribution in [1.82, 2.24) is 9.97 Å². The number of hydrogen-bond donors (Lipinski definition) is 0. The number of oxazole rings is 1. The maximum Gasteiger partial charge on any atom is 0.196 e. The molecule has 20 heavy (non-hydrogen) atoms. The highest BCUT2D eigenvalue weighted by molar-refractivity contribution is 5.73. The van der Waals surface area contributed by atoms with E-state index in [0.717, 1.165) is 5.69 Å². The summed E-state index contributed by atoms with van der Waals surface area (Å²) in [5, 5.41) is 0. The molecule has 2 heterocycles. The number of para-hydroxylation sites is 1. The Bertz CT molecular complexity index is 784. The van der Waals surface area contributed by atoms with Crippen molar-refractivity contribution < 1.29 is 8.81 Å². The normalized spacial score (nSPS) is 10.2. The Morgan fingerprint density at radius 1 is 1.15 bits per heavy atom. The molecule has 0 saturated heterocycles. The van der Waals surface area contributed by atoms with Crippen molar-refractivity contribution in [3.05, 3.63) is 60.0 Å². The van der Waals surface area contributed by atoms with Crippen LogP contribution in [-0.2, 0) is 6.42 Å². The van der Waals surface area contributed by atoms with Crippen LogP contribution < -0.4 is 0 Å². The average molecular weight is 266 g/mol. The number of rotatable bonds is 2. The van der Waals surface area contributed by atoms with E-state index in [1.54, 1.807) is 18.3 Å². The van der Waals surface area contributed by atoms with E-state index in [9.17, 15) is 4.39 Å². The molecular formula is C16H11FN2O. The fourth-order valence-corrected chi connectivity index (χ4v) is 1.83. The summed E-state index contributed by atoms with van der Waals surface area (Å²) < 4.78 is 18.9. The highest BCUT2D eigenvalue weighted by Crippen LogP contribution is 2.18. The van der Waals surface area contributed by atoms with Crippen LogP contribution in [0.15, 0.2) is 47.0 Å². The molecule has 3 aromatic rings. The van der Waals surface area contributed by atoms with Crippen molar-refractivity contribution in [2.75, 3.05) is 0 Å². The Kier molecular flexibility index (Phi) is 3.42. The predicted molar refractivity (Wildman–Crippen MR) is 73.4 cm³/mol. The molecule has 0 amide bonds. The molecule has 0 radical (unpaired) electrons. The minimum atomic E-state index is -0.364. The smallest absolute Gasteiger partial charge is 0.196 e. The van der Waals surface area contributed by atoms with Gasteiger partial charge in [0.05, 0.1) is 0 Å². The fourth-order valence-electron chi connectivity index (χ4n) is 1.83. The summed E-state index contributed by atoms with van der Waals surface area (Å²) in [6.07, 6.45) is 2.84. The van der Waals surface area contributed by atoms with E-state index in [1.165, 1.54) is 6.07 Å². The van der Waals surface area contributed by atoms with Crippen LogP contribution in [0.2, 0.25) is 0 Å². The van der Waals surface area contributed by atoms with Gasteiger partial charge in [-0.2, -0.15) is 0 Å². The first-order chi connectivity index (χ1) is 9.83. The number of nitrogens with zero attached hydrogens (tertiary/aromatic N) is 2. The molecule has 0 atom stereocenters. The summed E-state index contributed by atoms with van der Waals surface area (Å²) in [6.45, 7) is 0. The van der Waals surface area contributed by atoms with Gasteiger partial charge in [-0.05, 0) is 30.2 Å². The Hall–Kier alpha value is -2.67. The Morgan fingerprint density at radius 3 is 2.90 bits per heavy atom. The van der Waals surface area contributed by atoms with Gasteiger partial charge in [-0.3, -0.25) is 0 Å². The zero-order valence-corrected chi connectivity index (χ0v) is 10.6. The van der Waals surface area contributed by atoms with Crippen LogP contribution in [0.5, 0.6) is 0 Å². The Morgan fingerprint density at radius 2 is 2.10 bits per heavy atom. The van der Waals surface area contributed by atoms with E-state index in [-0.39, 0.29) is 11.3 Å². The van der Waals surface area contributed by atoms with Crippen molar-refractivity contribution in [3.8, 4) is 11.8 Å². The van der Waals surface area contributed by atoms with Crippen LogP contribution in [0.25, 0.3) is 11.1 Å². The second-order valence-electron chi connectivity index (χ2n) is 4.21. The molecule has 0 aliphatic heterocycles. The third-order valence-corrected chi connectivity index (χ3v) is 2.76. The number of halogens is 1. The van der Waals surface area contributed by atoms with Gasteiger partial charge >= 0.3 is 0 Å². The van der Waals surface area contributed by atoms with Gasteiger partial charge in [0.2, 0.25) is 0 Å². The third-order valence-electron chi connectivity index (χ3n) is 2.76. The highest BCUT2D eigenvalue weighted by atomic mass is 19.1. The molecule has 2 aromatic heterocycles. The molecule has 0 saturated carbocycles. The average Bonchev–Trinajstić information content (AvgIpc) is 2.89. The van der Waals surface area contributed by atoms with Gasteiger partial charge in [0.25, 0.3) is 0 Å². The lowest BCUT2D eigenvalue weighted by molar-refractivity contribution is 0.531. The molecule has 0 spiro atoms. The standard InChI is InChI=1S/C16H11FN2O/c17-13-8-5-9-14-16(13)19-15(20-14)10-2-1-6-12-7-3-4-11-18-12/h3-5,7-9,11H,2,10H2. The minimum absolute atomic E-state index is 0.278. The van der Waals surface area contributed by atoms with Gasteiger partial charge in [-0.1, -0.05) is 18.1 Å². The van der Waals surface area contributed by atoms with E-state index >= 15 is 0 Å². The van der Waals surface area contributed by atoms with Gasteiger partial charge in [0.1, 0.15) is 11.2 Å². The fraction of sp³-hybridized carbons (Fsp3) is 0.125. The first-order valence-corrected chi connectivity index (χ1v) is 6.27. The molecule has 3 nitrogen and oxygen atoms in total. The molecule has 98 valence electrons. The molecule has 4 heteroatoms. The van der Waals surface area contributed by atoms with Crippen LogP contribution in [0, 0.1) is 17.7 Å². The van der Waals surface area contributed by atoms with Gasteiger partial charge in [0, 0.05) is 19.0 Å². The molecule has 1 aromatic carbocycles. The zero-order chi connectivity index (χ0) is 13.8. The van der Waals surface area contributed by atoms with Crippen LogP contribution >= 0.6 is 0 Å². The van der Waals surface area contributed by atoms with E-state index < -0.39 is 0 Å². The molecule has 3 rings (SSSR count). The van der Waals surface area contributed by atoms with Gasteiger partial charge in [-0.25, -0.2) is 14.4 Å². The summed E-state index contributed by atoms with van der Waals surface area (Å²) in [5.74, 6) is 6.09. The molecule has 0 N–H and O–H groups in total. The van der Waals surface area contributed by atoms with Crippen LogP contribution in [0.4, 0.5) is 4.39 Å². The minimum Gasteiger partial charge on any atom is -0.441 e. The van der Waals surface area contributed by atoms with Gasteiger partial charge < -0.3 is 4.42 Å². The number of fused-ring (bicyclic) bond motifs is 1. The molecule has 0 unspecified atom stereocenters. The van der Waals surface area contributed by atoms with Crippen molar-refractivity contribution in [3.63, 3.8) is 0 Å². The summed E-state index contributed by atoms with van der Waals surface area (Å²) in [6, 6.07) is 10.3. The lowest BCUT2D eigenvalue weighted by Crippen LogP contribution is -1.84. The number of pyridine rings is 1. The second kappa shape index (κ2) is 5.54. The van der Waals surface area contributed by atoms with Crippen LogP contribution in [0.3, 0.4) is 0 Å². The van der Waals surface area contributed by atoms with Crippen molar-refractivity contribution in [2.24, 2.45) is 0 Å². The predicted octanol–water partition coefficient (Wildman–Crippen LogP) is 3.35. The molecule has 0 aliphatic carbocycles. The van der Waals surface area contributed by atoms with Crippen molar-refractivity contribution in [2.45, 2.75) is 12.8 Å². The quantitative estimate of drug-likeness (QED) is 0.668. The number of hydrogen-bond acceptors (Lipinski definition) is 3. The van der Waals surface area contributed by atoms with Crippen molar-refractivity contribution >= 4 is 11.1 Å². The summed E-state index contributed by atoms with van der Waals surface area (Å²) in [7, 11) is 0. The Balaban J connectivity index is 1.69. The van der Waals surface area contributed by atoms with Gasteiger partial charge in [-0.15, -0.1) is 0 Å². The lowest BCUT2D eigenvalue weighted by Gasteiger charge is -1.88. The molecular weight excluding hydrogens is 255 g/mol. The van der Waals surface area contributed by atoms with Crippen LogP contribution in [-0.4, -0.2) is 9.97 Å². The van der Waals surface area contributed by atoms with E-state index in [4.69, 9.17) is 4.42 Å². The number of benzene rings is 1. The molecule has 0 fully saturated rings. The molecule has 0 bridgehead atoms. The zero-order valence-electron chi connectivity index (χ0n) is 10.6. The summed E-state index contributed by atoms with van der Waals surface area (Å²) in [4.78, 5) is 8.24. The SMILES string of the molecule is Fc1cccc2oc(CCC#Cc3ccccn3)nc12. The maximum atomic E-state index is 13.5. The van der Waals surface area contributed by atoms with E-state index in [0.29, 0.717) is 24.3 Å². The highest BCUT2D eigenvalue weighted by Gasteiger charge is 2.08. The number of aryl methyl sites for hydroxylation is 1. The first-order valence-electron chi connectivity index (χ1n) is 6.27. The maximum absolute atomic E-state index is 13.5.